The van der Waals surface area contributed by atoms with E-state index in [0.29, 0.717) is 25.9 Å². The molecule has 7 heteroatoms. The zero-order valence-corrected chi connectivity index (χ0v) is 10.9. The van der Waals surface area contributed by atoms with Gasteiger partial charge in [0.2, 0.25) is 0 Å². The standard InChI is InChI=1S/C12H20F2N2O3/c1-8(17)10-6-12(13,14)7-16(10)9-2-4-15(5-3-9)11(18)19/h8-10,17H,2-7H2,1H3,(H,18,19)/t8?,10-/m1/s1. The lowest BCUT2D eigenvalue weighted by atomic mass is 10.0. The Bertz CT molecular complexity index is 344. The smallest absolute Gasteiger partial charge is 0.407 e. The fourth-order valence-corrected chi connectivity index (χ4v) is 3.11. The Labute approximate surface area is 110 Å². The average Bonchev–Trinajstić information content (AvgIpc) is 2.66. The maximum Gasteiger partial charge on any atom is 0.407 e. The highest BCUT2D eigenvalue weighted by molar-refractivity contribution is 5.65. The van der Waals surface area contributed by atoms with Crippen molar-refractivity contribution < 1.29 is 23.8 Å². The molecule has 2 aliphatic heterocycles. The van der Waals surface area contributed by atoms with Gasteiger partial charge < -0.3 is 15.1 Å². The molecule has 1 unspecified atom stereocenters. The quantitative estimate of drug-likeness (QED) is 0.797. The molecule has 2 atom stereocenters. The van der Waals surface area contributed by atoms with Crippen LogP contribution in [0.5, 0.6) is 0 Å². The number of halogens is 2. The summed E-state index contributed by atoms with van der Waals surface area (Å²) in [6, 6.07) is -0.597. The van der Waals surface area contributed by atoms with Gasteiger partial charge >= 0.3 is 6.09 Å². The molecule has 0 aromatic rings. The van der Waals surface area contributed by atoms with Crippen LogP contribution in [0.25, 0.3) is 0 Å². The summed E-state index contributed by atoms with van der Waals surface area (Å²) in [4.78, 5) is 13.8. The van der Waals surface area contributed by atoms with Gasteiger partial charge in [-0.15, -0.1) is 0 Å². The van der Waals surface area contributed by atoms with E-state index in [9.17, 15) is 18.7 Å². The molecule has 0 aliphatic carbocycles. The number of aliphatic hydroxyl groups is 1. The number of piperidine rings is 1. The van der Waals surface area contributed by atoms with Crippen LogP contribution in [-0.2, 0) is 0 Å². The topological polar surface area (TPSA) is 64.0 Å². The summed E-state index contributed by atoms with van der Waals surface area (Å²) in [5.41, 5.74) is 0. The van der Waals surface area contributed by atoms with Gasteiger partial charge in [-0.2, -0.15) is 0 Å². The molecule has 19 heavy (non-hydrogen) atoms. The van der Waals surface area contributed by atoms with Crippen LogP contribution >= 0.6 is 0 Å². The first kappa shape index (κ1) is 14.5. The largest absolute Gasteiger partial charge is 0.465 e. The number of rotatable bonds is 2. The number of hydrogen-bond acceptors (Lipinski definition) is 3. The SMILES string of the molecule is CC(O)[C@H]1CC(F)(F)CN1C1CCN(C(=O)O)CC1. The van der Waals surface area contributed by atoms with E-state index in [1.807, 2.05) is 0 Å². The van der Waals surface area contributed by atoms with Crippen molar-refractivity contribution in [3.63, 3.8) is 0 Å². The highest BCUT2D eigenvalue weighted by atomic mass is 19.3. The molecule has 2 rings (SSSR count). The van der Waals surface area contributed by atoms with Crippen molar-refractivity contribution >= 4 is 6.09 Å². The number of aliphatic hydroxyl groups excluding tert-OH is 1. The van der Waals surface area contributed by atoms with Crippen LogP contribution in [-0.4, -0.2) is 69.9 Å². The van der Waals surface area contributed by atoms with Crippen LogP contribution in [0.1, 0.15) is 26.2 Å². The van der Waals surface area contributed by atoms with Gasteiger partial charge in [0.1, 0.15) is 0 Å². The number of carbonyl (C=O) groups is 1. The lowest BCUT2D eigenvalue weighted by molar-refractivity contribution is 0.00273. The monoisotopic (exact) mass is 278 g/mol. The molecule has 0 aromatic carbocycles. The Morgan fingerprint density at radius 2 is 1.95 bits per heavy atom. The highest BCUT2D eigenvalue weighted by Gasteiger charge is 2.49. The lowest BCUT2D eigenvalue weighted by Crippen LogP contribution is -2.50. The van der Waals surface area contributed by atoms with Crippen LogP contribution in [0.2, 0.25) is 0 Å². The van der Waals surface area contributed by atoms with Gasteiger partial charge in [0.15, 0.2) is 0 Å². The fraction of sp³-hybridized carbons (Fsp3) is 0.917. The zero-order valence-electron chi connectivity index (χ0n) is 10.9. The van der Waals surface area contributed by atoms with Crippen molar-refractivity contribution in [3.8, 4) is 0 Å². The Balaban J connectivity index is 1.99. The molecule has 2 N–H and O–H groups in total. The summed E-state index contributed by atoms with van der Waals surface area (Å²) in [7, 11) is 0. The number of nitrogens with zero attached hydrogens (tertiary/aromatic N) is 2. The molecule has 2 aliphatic rings. The second-order valence-corrected chi connectivity index (χ2v) is 5.54. The Hall–Kier alpha value is -0.950. The van der Waals surface area contributed by atoms with Gasteiger partial charge in [-0.05, 0) is 19.8 Å². The number of carboxylic acid groups (broad SMARTS) is 1. The molecule has 0 aromatic heterocycles. The maximum absolute atomic E-state index is 13.5. The zero-order chi connectivity index (χ0) is 14.2. The minimum Gasteiger partial charge on any atom is -0.465 e. The Morgan fingerprint density at radius 1 is 1.37 bits per heavy atom. The first-order valence-corrected chi connectivity index (χ1v) is 6.60. The van der Waals surface area contributed by atoms with Crippen molar-refractivity contribution in [1.82, 2.24) is 9.80 Å². The van der Waals surface area contributed by atoms with Crippen LogP contribution in [0.15, 0.2) is 0 Å². The van der Waals surface area contributed by atoms with Crippen molar-refractivity contribution in [2.45, 2.75) is 50.3 Å². The summed E-state index contributed by atoms with van der Waals surface area (Å²) in [5.74, 6) is -2.76. The number of likely N-dealkylation sites (tertiary alicyclic amines) is 2. The number of amides is 1. The molecule has 2 heterocycles. The van der Waals surface area contributed by atoms with Gasteiger partial charge in [0.25, 0.3) is 5.92 Å². The molecule has 0 spiro atoms. The van der Waals surface area contributed by atoms with Crippen molar-refractivity contribution in [2.75, 3.05) is 19.6 Å². The van der Waals surface area contributed by atoms with E-state index in [1.54, 1.807) is 4.90 Å². The van der Waals surface area contributed by atoms with Gasteiger partial charge in [0.05, 0.1) is 12.6 Å². The molecular formula is C12H20F2N2O3. The minimum atomic E-state index is -2.76. The Kier molecular flexibility index (Phi) is 3.96. The van der Waals surface area contributed by atoms with E-state index >= 15 is 0 Å². The molecule has 2 fully saturated rings. The summed E-state index contributed by atoms with van der Waals surface area (Å²) in [5, 5.41) is 18.5. The number of hydrogen-bond donors (Lipinski definition) is 2. The van der Waals surface area contributed by atoms with Crippen LogP contribution in [0.3, 0.4) is 0 Å². The summed E-state index contributed by atoms with van der Waals surface area (Å²) in [6.07, 6.45) is -0.982. The van der Waals surface area contributed by atoms with E-state index in [-0.39, 0.29) is 19.0 Å². The van der Waals surface area contributed by atoms with Crippen LogP contribution in [0, 0.1) is 0 Å². The third-order valence-electron chi connectivity index (χ3n) is 4.11. The molecule has 0 bridgehead atoms. The minimum absolute atomic E-state index is 0.0661. The van der Waals surface area contributed by atoms with Crippen molar-refractivity contribution in [2.24, 2.45) is 0 Å². The van der Waals surface area contributed by atoms with E-state index in [4.69, 9.17) is 5.11 Å². The van der Waals surface area contributed by atoms with Gasteiger partial charge in [0, 0.05) is 31.6 Å². The fourth-order valence-electron chi connectivity index (χ4n) is 3.11. The molecule has 2 saturated heterocycles. The van der Waals surface area contributed by atoms with E-state index in [2.05, 4.69) is 0 Å². The Morgan fingerprint density at radius 3 is 2.42 bits per heavy atom. The maximum atomic E-state index is 13.5. The normalized spacial score (nSPS) is 30.5. The molecule has 0 saturated carbocycles. The average molecular weight is 278 g/mol. The van der Waals surface area contributed by atoms with Gasteiger partial charge in [-0.1, -0.05) is 0 Å². The second-order valence-electron chi connectivity index (χ2n) is 5.54. The molecule has 110 valence electrons. The molecule has 5 nitrogen and oxygen atoms in total. The first-order valence-electron chi connectivity index (χ1n) is 6.60. The molecular weight excluding hydrogens is 258 g/mol. The summed E-state index contributed by atoms with van der Waals surface area (Å²) < 4.78 is 27.0. The van der Waals surface area contributed by atoms with Crippen LogP contribution < -0.4 is 0 Å². The van der Waals surface area contributed by atoms with Crippen LogP contribution in [0.4, 0.5) is 13.6 Å². The van der Waals surface area contributed by atoms with Gasteiger partial charge in [-0.25, -0.2) is 13.6 Å². The number of alkyl halides is 2. The van der Waals surface area contributed by atoms with Gasteiger partial charge in [-0.3, -0.25) is 4.90 Å². The predicted octanol–water partition coefficient (Wildman–Crippen LogP) is 1.22. The predicted molar refractivity (Wildman–Crippen MR) is 64.4 cm³/mol. The lowest BCUT2D eigenvalue weighted by Gasteiger charge is -2.38. The third kappa shape index (κ3) is 3.14. The van der Waals surface area contributed by atoms with E-state index < -0.39 is 24.2 Å². The third-order valence-corrected chi connectivity index (χ3v) is 4.11. The molecule has 0 radical (unpaired) electrons. The van der Waals surface area contributed by atoms with Crippen molar-refractivity contribution in [1.29, 1.82) is 0 Å². The van der Waals surface area contributed by atoms with E-state index in [0.717, 1.165) is 0 Å². The first-order chi connectivity index (χ1) is 8.80. The van der Waals surface area contributed by atoms with Crippen molar-refractivity contribution in [3.05, 3.63) is 0 Å². The van der Waals surface area contributed by atoms with E-state index in [1.165, 1.54) is 11.8 Å². The second kappa shape index (κ2) is 5.20. The summed E-state index contributed by atoms with van der Waals surface area (Å²) in [6.45, 7) is 1.94. The highest BCUT2D eigenvalue weighted by Crippen LogP contribution is 2.36. The summed E-state index contributed by atoms with van der Waals surface area (Å²) >= 11 is 0. The molecule has 1 amide bonds.